The van der Waals surface area contributed by atoms with Crippen LogP contribution in [0.5, 0.6) is 0 Å². The van der Waals surface area contributed by atoms with Gasteiger partial charge in [0.1, 0.15) is 5.92 Å². The Morgan fingerprint density at radius 1 is 1.50 bits per heavy atom. The van der Waals surface area contributed by atoms with Crippen LogP contribution >= 0.6 is 0 Å². The lowest BCUT2D eigenvalue weighted by Crippen LogP contribution is -2.38. The molecule has 5 heteroatoms. The minimum absolute atomic E-state index is 0.0722. The highest BCUT2D eigenvalue weighted by atomic mass is 16.2. The SMILES string of the molecule is CCCC(C#N)C(=O)NCC(=O)NC. The summed E-state index contributed by atoms with van der Waals surface area (Å²) in [5.74, 6) is -1.30. The molecule has 2 amide bonds. The molecular weight excluding hydrogens is 182 g/mol. The van der Waals surface area contributed by atoms with Gasteiger partial charge in [0.25, 0.3) is 0 Å². The molecule has 0 spiro atoms. The molecule has 0 aliphatic carbocycles. The fourth-order valence-electron chi connectivity index (χ4n) is 0.922. The second-order valence-corrected chi connectivity index (χ2v) is 2.86. The monoisotopic (exact) mass is 197 g/mol. The molecule has 0 saturated carbocycles. The van der Waals surface area contributed by atoms with Crippen molar-refractivity contribution in [3.05, 3.63) is 0 Å². The second-order valence-electron chi connectivity index (χ2n) is 2.86. The van der Waals surface area contributed by atoms with Crippen molar-refractivity contribution >= 4 is 11.8 Å². The number of rotatable bonds is 5. The van der Waals surface area contributed by atoms with Gasteiger partial charge in [0.15, 0.2) is 0 Å². The van der Waals surface area contributed by atoms with Crippen LogP contribution in [0.25, 0.3) is 0 Å². The fourth-order valence-corrected chi connectivity index (χ4v) is 0.922. The van der Waals surface area contributed by atoms with E-state index < -0.39 is 5.92 Å². The van der Waals surface area contributed by atoms with Crippen LogP contribution in [0.15, 0.2) is 0 Å². The zero-order valence-electron chi connectivity index (χ0n) is 8.46. The lowest BCUT2D eigenvalue weighted by Gasteiger charge is -2.07. The lowest BCUT2D eigenvalue weighted by molar-refractivity contribution is -0.127. The standard InChI is InChI=1S/C9H15N3O2/c1-3-4-7(5-10)9(14)12-6-8(13)11-2/h7H,3-4,6H2,1-2H3,(H,11,13)(H,12,14). The van der Waals surface area contributed by atoms with E-state index in [0.717, 1.165) is 6.42 Å². The highest BCUT2D eigenvalue weighted by molar-refractivity contribution is 5.86. The largest absolute Gasteiger partial charge is 0.358 e. The molecule has 14 heavy (non-hydrogen) atoms. The van der Waals surface area contributed by atoms with Crippen LogP contribution in [0.1, 0.15) is 19.8 Å². The van der Waals surface area contributed by atoms with E-state index in [1.807, 2.05) is 13.0 Å². The lowest BCUT2D eigenvalue weighted by atomic mass is 10.1. The normalized spacial score (nSPS) is 11.2. The maximum absolute atomic E-state index is 11.3. The molecule has 0 fully saturated rings. The van der Waals surface area contributed by atoms with E-state index in [0.29, 0.717) is 6.42 Å². The van der Waals surface area contributed by atoms with Crippen LogP contribution in [0.4, 0.5) is 0 Å². The number of hydrogen-bond donors (Lipinski definition) is 2. The molecule has 0 aromatic rings. The predicted octanol–water partition coefficient (Wildman–Crippen LogP) is -0.212. The molecule has 0 aromatic carbocycles. The van der Waals surface area contributed by atoms with Gasteiger partial charge in [0, 0.05) is 7.05 Å². The number of hydrogen-bond acceptors (Lipinski definition) is 3. The Kier molecular flexibility index (Phi) is 6.12. The molecule has 0 saturated heterocycles. The predicted molar refractivity (Wildman–Crippen MR) is 51.1 cm³/mol. The first-order valence-electron chi connectivity index (χ1n) is 4.53. The molecule has 1 atom stereocenters. The maximum Gasteiger partial charge on any atom is 0.239 e. The number of carbonyl (C=O) groups is 2. The molecule has 0 radical (unpaired) electrons. The second kappa shape index (κ2) is 6.89. The van der Waals surface area contributed by atoms with Gasteiger partial charge in [-0.25, -0.2) is 0 Å². The molecule has 1 unspecified atom stereocenters. The van der Waals surface area contributed by atoms with Gasteiger partial charge >= 0.3 is 0 Å². The van der Waals surface area contributed by atoms with Crippen molar-refractivity contribution in [3.63, 3.8) is 0 Å². The van der Waals surface area contributed by atoms with E-state index in [4.69, 9.17) is 5.26 Å². The van der Waals surface area contributed by atoms with Crippen molar-refractivity contribution in [1.82, 2.24) is 10.6 Å². The third-order valence-corrected chi connectivity index (χ3v) is 1.75. The number of likely N-dealkylation sites (N-methyl/N-ethyl adjacent to an activating group) is 1. The van der Waals surface area contributed by atoms with Crippen LogP contribution in [-0.2, 0) is 9.59 Å². The molecule has 78 valence electrons. The van der Waals surface area contributed by atoms with Gasteiger partial charge in [-0.3, -0.25) is 9.59 Å². The number of nitriles is 1. The third kappa shape index (κ3) is 4.45. The molecule has 0 bridgehead atoms. The summed E-state index contributed by atoms with van der Waals surface area (Å²) in [5.41, 5.74) is 0. The summed E-state index contributed by atoms with van der Waals surface area (Å²) in [5, 5.41) is 13.4. The first-order chi connectivity index (χ1) is 6.65. The van der Waals surface area contributed by atoms with Gasteiger partial charge in [-0.2, -0.15) is 5.26 Å². The summed E-state index contributed by atoms with van der Waals surface area (Å²) in [6.45, 7) is 1.83. The molecule has 0 aromatic heterocycles. The van der Waals surface area contributed by atoms with Crippen molar-refractivity contribution in [3.8, 4) is 6.07 Å². The third-order valence-electron chi connectivity index (χ3n) is 1.75. The van der Waals surface area contributed by atoms with Crippen molar-refractivity contribution in [2.24, 2.45) is 5.92 Å². The van der Waals surface area contributed by atoms with Crippen molar-refractivity contribution < 1.29 is 9.59 Å². The molecule has 5 nitrogen and oxygen atoms in total. The summed E-state index contributed by atoms with van der Waals surface area (Å²) in [6.07, 6.45) is 1.29. The van der Waals surface area contributed by atoms with Gasteiger partial charge in [-0.15, -0.1) is 0 Å². The zero-order chi connectivity index (χ0) is 11.0. The number of carbonyl (C=O) groups excluding carboxylic acids is 2. The topological polar surface area (TPSA) is 82.0 Å². The van der Waals surface area contributed by atoms with E-state index >= 15 is 0 Å². The fraction of sp³-hybridized carbons (Fsp3) is 0.667. The minimum atomic E-state index is -0.648. The van der Waals surface area contributed by atoms with Gasteiger partial charge in [-0.05, 0) is 6.42 Å². The van der Waals surface area contributed by atoms with Gasteiger partial charge < -0.3 is 10.6 Å². The first-order valence-corrected chi connectivity index (χ1v) is 4.53. The van der Waals surface area contributed by atoms with E-state index in [1.54, 1.807) is 0 Å². The summed E-state index contributed by atoms with van der Waals surface area (Å²) >= 11 is 0. The van der Waals surface area contributed by atoms with Gasteiger partial charge in [0.2, 0.25) is 11.8 Å². The van der Waals surface area contributed by atoms with Crippen molar-refractivity contribution in [1.29, 1.82) is 5.26 Å². The summed E-state index contributed by atoms with van der Waals surface area (Å²) in [6, 6.07) is 1.90. The molecular formula is C9H15N3O2. The highest BCUT2D eigenvalue weighted by Crippen LogP contribution is 2.03. The Morgan fingerprint density at radius 3 is 2.57 bits per heavy atom. The molecule has 0 heterocycles. The quantitative estimate of drug-likeness (QED) is 0.639. The Hall–Kier alpha value is -1.57. The van der Waals surface area contributed by atoms with Crippen LogP contribution in [-0.4, -0.2) is 25.4 Å². The Balaban J connectivity index is 3.94. The van der Waals surface area contributed by atoms with E-state index in [9.17, 15) is 9.59 Å². The highest BCUT2D eigenvalue weighted by Gasteiger charge is 2.16. The van der Waals surface area contributed by atoms with E-state index in [-0.39, 0.29) is 18.4 Å². The Bertz CT molecular complexity index is 245. The number of nitrogens with zero attached hydrogens (tertiary/aromatic N) is 1. The average Bonchev–Trinajstić information content (AvgIpc) is 2.21. The van der Waals surface area contributed by atoms with Crippen LogP contribution in [0.2, 0.25) is 0 Å². The van der Waals surface area contributed by atoms with Crippen molar-refractivity contribution in [2.45, 2.75) is 19.8 Å². The van der Waals surface area contributed by atoms with Crippen LogP contribution in [0.3, 0.4) is 0 Å². The smallest absolute Gasteiger partial charge is 0.239 e. The average molecular weight is 197 g/mol. The molecule has 0 aliphatic rings. The summed E-state index contributed by atoms with van der Waals surface area (Å²) in [4.78, 5) is 22.0. The molecule has 2 N–H and O–H groups in total. The first kappa shape index (κ1) is 12.4. The van der Waals surface area contributed by atoms with Gasteiger partial charge in [-0.1, -0.05) is 13.3 Å². The Morgan fingerprint density at radius 2 is 2.14 bits per heavy atom. The molecule has 0 aliphatic heterocycles. The summed E-state index contributed by atoms with van der Waals surface area (Å²) < 4.78 is 0. The Labute approximate surface area is 83.5 Å². The van der Waals surface area contributed by atoms with E-state index in [2.05, 4.69) is 10.6 Å². The zero-order valence-corrected chi connectivity index (χ0v) is 8.46. The van der Waals surface area contributed by atoms with Gasteiger partial charge in [0.05, 0.1) is 12.6 Å². The van der Waals surface area contributed by atoms with E-state index in [1.165, 1.54) is 7.05 Å². The van der Waals surface area contributed by atoms with Crippen LogP contribution in [0, 0.1) is 17.2 Å². The molecule has 0 rings (SSSR count). The summed E-state index contributed by atoms with van der Waals surface area (Å²) in [7, 11) is 1.49. The van der Waals surface area contributed by atoms with Crippen LogP contribution < -0.4 is 10.6 Å². The van der Waals surface area contributed by atoms with Crippen molar-refractivity contribution in [2.75, 3.05) is 13.6 Å². The maximum atomic E-state index is 11.3. The minimum Gasteiger partial charge on any atom is -0.358 e. The number of nitrogens with one attached hydrogen (secondary N) is 2. The number of amides is 2.